The van der Waals surface area contributed by atoms with Gasteiger partial charge in [-0.25, -0.2) is 9.78 Å². The largest absolute Gasteiger partial charge is 0.493 e. The number of nitrogens with one attached hydrogen (secondary N) is 7. The number of aryl methyl sites for hydroxylation is 4. The summed E-state index contributed by atoms with van der Waals surface area (Å²) in [5.41, 5.74) is 6.66. The van der Waals surface area contributed by atoms with Crippen LogP contribution in [0.3, 0.4) is 0 Å². The molecule has 1 saturated heterocycles. The Bertz CT molecular complexity index is 3830. The van der Waals surface area contributed by atoms with E-state index in [9.17, 15) is 24.0 Å². The van der Waals surface area contributed by atoms with Gasteiger partial charge in [0.25, 0.3) is 11.5 Å². The molecule has 1 aliphatic heterocycles. The van der Waals surface area contributed by atoms with E-state index in [4.69, 9.17) is 38.8 Å². The standard InChI is InChI=1S/C68H89N13O11S/c1-11-27-90-49-34-50(36-51(35-49)92-61-39-59-58(78(7)68(86)79(59)8)38-57(61)76-93-52-15-16-60(87-9)62(37-52)88-10)91-28-13-12-21-77(6)43-65(83)71-20-30-89-29-18-64(82)70-19-22-80-23-25-81(26-24-80)63-17-14-47(41-72-63)48-32-53(54(40-69)56(33-48)74-44(2)3)66(84)73-42-55-45(4)31-46(5)75-67(55)85/h14-17,31-41,44,69,74,76H,11-13,18-30,42-43H2,1-10H3,(H,70,82)(H,71,83)(H,73,84)(H,75,85). The summed E-state index contributed by atoms with van der Waals surface area (Å²) in [4.78, 5) is 79.8. The normalized spacial score (nSPS) is 12.5. The number of carbonyl (C=O) groups is 3. The summed E-state index contributed by atoms with van der Waals surface area (Å²) in [5, 5.41) is 20.4. The number of likely N-dealkylation sites (N-methyl/N-ethyl adjacent to an activating group) is 1. The van der Waals surface area contributed by atoms with Gasteiger partial charge in [-0.1, -0.05) is 6.92 Å². The molecule has 0 unspecified atom stereocenters. The number of aromatic nitrogens is 4. The van der Waals surface area contributed by atoms with Crippen LogP contribution < -0.4 is 65.8 Å². The first-order valence-corrected chi connectivity index (χ1v) is 32.3. The van der Waals surface area contributed by atoms with Crippen molar-refractivity contribution in [1.29, 1.82) is 5.41 Å². The number of amides is 3. The molecule has 0 bridgehead atoms. The van der Waals surface area contributed by atoms with Gasteiger partial charge >= 0.3 is 5.69 Å². The molecule has 0 spiro atoms. The lowest BCUT2D eigenvalue weighted by Crippen LogP contribution is -2.48. The highest BCUT2D eigenvalue weighted by Crippen LogP contribution is 2.40. The maximum atomic E-state index is 13.7. The zero-order valence-corrected chi connectivity index (χ0v) is 55.9. The van der Waals surface area contributed by atoms with Gasteiger partial charge in [0.05, 0.1) is 69.5 Å². The van der Waals surface area contributed by atoms with Crippen LogP contribution in [0.5, 0.6) is 34.5 Å². The van der Waals surface area contributed by atoms with Crippen LogP contribution in [-0.2, 0) is 35.0 Å². The predicted octanol–water partition coefficient (Wildman–Crippen LogP) is 8.26. The molecule has 93 heavy (non-hydrogen) atoms. The zero-order chi connectivity index (χ0) is 66.6. The van der Waals surface area contributed by atoms with Gasteiger partial charge in [-0.05, 0) is 138 Å². The number of nitrogens with zero attached hydrogens (tertiary/aromatic N) is 6. The number of piperazine rings is 1. The Morgan fingerprint density at radius 3 is 2.17 bits per heavy atom. The van der Waals surface area contributed by atoms with Crippen molar-refractivity contribution in [3.8, 4) is 45.6 Å². The second kappa shape index (κ2) is 34.0. The molecule has 3 aromatic heterocycles. The molecule has 8 rings (SSSR count). The lowest BCUT2D eigenvalue weighted by Gasteiger charge is -2.35. The molecule has 0 radical (unpaired) electrons. The second-order valence-electron chi connectivity index (χ2n) is 23.2. The monoisotopic (exact) mass is 1300 g/mol. The Kier molecular flexibility index (Phi) is 25.6. The van der Waals surface area contributed by atoms with Gasteiger partial charge in [-0.15, -0.1) is 0 Å². The van der Waals surface area contributed by atoms with Gasteiger partial charge in [0, 0.05) is 149 Å². The molecular formula is C68H89N13O11S. The molecule has 24 nitrogen and oxygen atoms in total. The number of hydrogen-bond donors (Lipinski definition) is 7. The SMILES string of the molecule is CCCOc1cc(OCCCCN(C)CC(=O)NCCOCCC(=O)NCCN2CCN(c3ccc(-c4cc(NC(C)C)c(C=N)c(C(=O)NCc5c(C)cc(C)[nH]c5=O)c4)cn3)CC2)cc(Oc2cc3c(cc2NSc2ccc(OC)c(OC)c2)n(C)c(=O)n3C)c1. The van der Waals surface area contributed by atoms with Crippen LogP contribution in [0.25, 0.3) is 22.2 Å². The Morgan fingerprint density at radius 2 is 1.48 bits per heavy atom. The number of benzene rings is 4. The molecule has 4 aromatic carbocycles. The minimum atomic E-state index is -0.396. The number of hydrogen-bond acceptors (Lipinski definition) is 19. The summed E-state index contributed by atoms with van der Waals surface area (Å²) in [6.07, 6.45) is 5.53. The third kappa shape index (κ3) is 19.5. The Morgan fingerprint density at radius 1 is 0.763 bits per heavy atom. The smallest absolute Gasteiger partial charge is 0.328 e. The van der Waals surface area contributed by atoms with Crippen molar-refractivity contribution < 1.29 is 42.8 Å². The number of pyridine rings is 2. The van der Waals surface area contributed by atoms with Crippen LogP contribution in [-0.4, -0.2) is 165 Å². The predicted molar refractivity (Wildman–Crippen MR) is 366 cm³/mol. The van der Waals surface area contributed by atoms with Crippen molar-refractivity contribution in [2.24, 2.45) is 14.1 Å². The van der Waals surface area contributed by atoms with Crippen LogP contribution in [0.1, 0.15) is 79.2 Å². The van der Waals surface area contributed by atoms with E-state index in [0.717, 1.165) is 84.1 Å². The first-order chi connectivity index (χ1) is 44.8. The van der Waals surface area contributed by atoms with E-state index in [-0.39, 0.29) is 61.8 Å². The average molecular weight is 1300 g/mol. The minimum Gasteiger partial charge on any atom is -0.493 e. The zero-order valence-electron chi connectivity index (χ0n) is 55.0. The van der Waals surface area contributed by atoms with Crippen molar-refractivity contribution >= 4 is 64.1 Å². The highest BCUT2D eigenvalue weighted by molar-refractivity contribution is 8.00. The number of methoxy groups -OCH3 is 2. The highest BCUT2D eigenvalue weighted by atomic mass is 32.2. The van der Waals surface area contributed by atoms with Gasteiger partial charge in [-0.2, -0.15) is 0 Å². The fraction of sp³-hybridized carbons (Fsp3) is 0.426. The highest BCUT2D eigenvalue weighted by Gasteiger charge is 2.22. The number of rotatable bonds is 35. The molecule has 0 atom stereocenters. The Labute approximate surface area is 547 Å². The van der Waals surface area contributed by atoms with Crippen molar-refractivity contribution in [2.75, 3.05) is 122 Å². The third-order valence-corrected chi connectivity index (χ3v) is 16.5. The summed E-state index contributed by atoms with van der Waals surface area (Å²) < 4.78 is 42.1. The number of H-pyrrole nitrogens is 1. The minimum absolute atomic E-state index is 0.0376. The summed E-state index contributed by atoms with van der Waals surface area (Å²) in [6.45, 7) is 16.8. The van der Waals surface area contributed by atoms with Gasteiger partial charge < -0.3 is 69.7 Å². The average Bonchev–Trinajstić information content (AvgIpc) is 1.70. The second-order valence-corrected chi connectivity index (χ2v) is 24.1. The Balaban J connectivity index is 0.702. The van der Waals surface area contributed by atoms with E-state index in [0.29, 0.717) is 107 Å². The topological polar surface area (TPSA) is 273 Å². The Hall–Kier alpha value is -9.04. The van der Waals surface area contributed by atoms with Crippen LogP contribution in [0, 0.1) is 19.3 Å². The summed E-state index contributed by atoms with van der Waals surface area (Å²) in [6, 6.07) is 24.4. The molecule has 3 amide bonds. The van der Waals surface area contributed by atoms with Gasteiger partial charge in [0.1, 0.15) is 23.1 Å². The fourth-order valence-corrected chi connectivity index (χ4v) is 11.4. The van der Waals surface area contributed by atoms with Crippen molar-refractivity contribution in [2.45, 2.75) is 77.8 Å². The fourth-order valence-electron chi connectivity index (χ4n) is 10.7. The molecule has 1 aliphatic rings. The van der Waals surface area contributed by atoms with Gasteiger partial charge in [0.2, 0.25) is 11.8 Å². The number of unbranched alkanes of at least 4 members (excludes halogenated alkanes) is 1. The quantitative estimate of drug-likeness (QED) is 0.0112. The van der Waals surface area contributed by atoms with E-state index in [1.54, 1.807) is 49.7 Å². The molecule has 4 heterocycles. The molecule has 7 N–H and O–H groups in total. The van der Waals surface area contributed by atoms with Crippen molar-refractivity contribution in [3.05, 3.63) is 134 Å². The molecule has 7 aromatic rings. The molecule has 498 valence electrons. The maximum absolute atomic E-state index is 13.7. The third-order valence-electron chi connectivity index (χ3n) is 15.7. The first-order valence-electron chi connectivity index (χ1n) is 31.4. The van der Waals surface area contributed by atoms with Crippen LogP contribution in [0.4, 0.5) is 17.2 Å². The van der Waals surface area contributed by atoms with Crippen molar-refractivity contribution in [3.63, 3.8) is 0 Å². The van der Waals surface area contributed by atoms with Crippen LogP contribution in [0.15, 0.2) is 99.5 Å². The van der Waals surface area contributed by atoms with E-state index in [1.807, 2.05) is 119 Å². The van der Waals surface area contributed by atoms with E-state index < -0.39 is 5.91 Å². The van der Waals surface area contributed by atoms with Gasteiger partial charge in [-0.3, -0.25) is 38.1 Å². The lowest BCUT2D eigenvalue weighted by molar-refractivity contribution is -0.123. The summed E-state index contributed by atoms with van der Waals surface area (Å²) >= 11 is 1.36. The molecule has 0 saturated carbocycles. The number of fused-ring (bicyclic) bond motifs is 1. The van der Waals surface area contributed by atoms with Crippen molar-refractivity contribution in [1.82, 2.24) is 44.9 Å². The summed E-state index contributed by atoms with van der Waals surface area (Å²) in [7, 11) is 8.55. The summed E-state index contributed by atoms with van der Waals surface area (Å²) in [5.74, 6) is 3.59. The van der Waals surface area contributed by atoms with Crippen LogP contribution >= 0.6 is 11.9 Å². The number of anilines is 3. The maximum Gasteiger partial charge on any atom is 0.328 e. The lowest BCUT2D eigenvalue weighted by atomic mass is 9.97. The van der Waals surface area contributed by atoms with E-state index in [2.05, 4.69) is 40.8 Å². The molecular weight excluding hydrogens is 1210 g/mol. The first kappa shape index (κ1) is 69.8. The number of carbonyl (C=O) groups excluding carboxylic acids is 3. The number of aromatic amines is 1. The molecule has 0 aliphatic carbocycles. The van der Waals surface area contributed by atoms with Gasteiger partial charge in [0.15, 0.2) is 17.2 Å². The van der Waals surface area contributed by atoms with Crippen LogP contribution in [0.2, 0.25) is 0 Å². The molecule has 25 heteroatoms. The van der Waals surface area contributed by atoms with E-state index >= 15 is 0 Å². The number of imidazole rings is 1. The molecule has 1 fully saturated rings. The van der Waals surface area contributed by atoms with E-state index in [1.165, 1.54) is 18.2 Å². The number of ether oxygens (including phenoxy) is 6.